The van der Waals surface area contributed by atoms with Crippen LogP contribution in [0, 0.1) is 17.0 Å². The quantitative estimate of drug-likeness (QED) is 0.432. The van der Waals surface area contributed by atoms with Gasteiger partial charge < -0.3 is 15.2 Å². The number of hydrogen-bond donors (Lipinski definition) is 1. The number of aliphatic hydroxyl groups is 1. The van der Waals surface area contributed by atoms with Gasteiger partial charge in [0.2, 0.25) is 5.72 Å². The van der Waals surface area contributed by atoms with Crippen LogP contribution < -0.4 is 0 Å². The number of hydrogen-bond acceptors (Lipinski definition) is 6. The van der Waals surface area contributed by atoms with Crippen LogP contribution in [-0.4, -0.2) is 55.0 Å². The van der Waals surface area contributed by atoms with Gasteiger partial charge in [0.1, 0.15) is 16.7 Å². The Hall–Kier alpha value is -2.09. The molecule has 0 aromatic carbocycles. The molecule has 0 saturated carbocycles. The van der Waals surface area contributed by atoms with Gasteiger partial charge in [-0.25, -0.2) is 17.6 Å². The molecule has 0 spiro atoms. The first-order valence-electron chi connectivity index (χ1n) is 6.55. The third-order valence-corrected chi connectivity index (χ3v) is 4.38. The molecule has 0 radical (unpaired) electrons. The van der Waals surface area contributed by atoms with Crippen molar-refractivity contribution in [1.82, 2.24) is 14.8 Å². The molecule has 14 heteroatoms. The van der Waals surface area contributed by atoms with E-state index in [4.69, 9.17) is 0 Å². The molecular weight excluding hydrogens is 422 g/mol. The van der Waals surface area contributed by atoms with Crippen LogP contribution in [0.4, 0.5) is 23.4 Å². The average Bonchev–Trinajstić information content (AvgIpc) is 3.01. The lowest BCUT2D eigenvalue weighted by Crippen LogP contribution is -2.52. The van der Waals surface area contributed by atoms with Gasteiger partial charge in [0.05, 0.1) is 10.8 Å². The third kappa shape index (κ3) is 3.35. The lowest BCUT2D eigenvalue weighted by molar-refractivity contribution is -0.390. The maximum atomic E-state index is 13.1. The smallest absolute Gasteiger partial charge is 0.364 e. The lowest BCUT2D eigenvalue weighted by Gasteiger charge is -2.29. The van der Waals surface area contributed by atoms with Crippen molar-refractivity contribution in [3.63, 3.8) is 0 Å². The summed E-state index contributed by atoms with van der Waals surface area (Å²) in [5.41, 5.74) is -4.16. The second-order valence-corrected chi connectivity index (χ2v) is 5.88. The molecule has 9 nitrogen and oxygen atoms in total. The molecule has 1 aromatic heterocycles. The molecule has 1 N–H and O–H groups in total. The summed E-state index contributed by atoms with van der Waals surface area (Å²) >= 11 is 2.90. The monoisotopic (exact) mass is 431 g/mol. The first-order chi connectivity index (χ1) is 11.5. The number of aromatic nitrogens is 2. The van der Waals surface area contributed by atoms with Crippen molar-refractivity contribution in [2.45, 2.75) is 38.5 Å². The highest BCUT2D eigenvalue weighted by atomic mass is 79.9. The first kappa shape index (κ1) is 19.2. The summed E-state index contributed by atoms with van der Waals surface area (Å²) in [7, 11) is 0. The Bertz CT molecular complexity index is 755. The van der Waals surface area contributed by atoms with E-state index in [1.807, 2.05) is 0 Å². The van der Waals surface area contributed by atoms with E-state index in [-0.39, 0.29) is 15.2 Å². The van der Waals surface area contributed by atoms with E-state index in [0.717, 1.165) is 4.68 Å². The van der Waals surface area contributed by atoms with Crippen molar-refractivity contribution in [3.8, 4) is 0 Å². The van der Waals surface area contributed by atoms with E-state index in [2.05, 4.69) is 26.1 Å². The zero-order valence-electron chi connectivity index (χ0n) is 12.4. The van der Waals surface area contributed by atoms with Crippen molar-refractivity contribution in [2.75, 3.05) is 0 Å². The summed E-state index contributed by atoms with van der Waals surface area (Å²) in [6, 6.07) is 0. The Morgan fingerprint density at radius 3 is 2.52 bits per heavy atom. The van der Waals surface area contributed by atoms with Gasteiger partial charge in [-0.3, -0.25) is 4.79 Å². The average molecular weight is 432 g/mol. The second-order valence-electron chi connectivity index (χ2n) is 5.09. The van der Waals surface area contributed by atoms with E-state index in [1.54, 1.807) is 0 Å². The fraction of sp³-hybridized carbons (Fsp3) is 0.545. The molecular formula is C11H10BrF4N5O4. The van der Waals surface area contributed by atoms with E-state index in [0.29, 0.717) is 0 Å². The molecule has 138 valence electrons. The third-order valence-electron chi connectivity index (χ3n) is 3.45. The van der Waals surface area contributed by atoms with Crippen LogP contribution in [0.1, 0.15) is 12.1 Å². The lowest BCUT2D eigenvalue weighted by atomic mass is 10.1. The van der Waals surface area contributed by atoms with Gasteiger partial charge in [-0.05, 0) is 27.8 Å². The first-order valence-corrected chi connectivity index (χ1v) is 7.34. The number of amides is 1. The Balaban J connectivity index is 2.33. The highest BCUT2D eigenvalue weighted by molar-refractivity contribution is 9.10. The van der Waals surface area contributed by atoms with Crippen LogP contribution >= 0.6 is 15.9 Å². The van der Waals surface area contributed by atoms with Gasteiger partial charge >= 0.3 is 5.82 Å². The molecule has 1 amide bonds. The molecule has 1 aliphatic rings. The van der Waals surface area contributed by atoms with E-state index >= 15 is 0 Å². The summed E-state index contributed by atoms with van der Waals surface area (Å²) in [5, 5.41) is 27.2. The van der Waals surface area contributed by atoms with Crippen molar-refractivity contribution >= 4 is 33.4 Å². The van der Waals surface area contributed by atoms with E-state index in [9.17, 15) is 37.6 Å². The molecule has 1 aromatic rings. The normalized spacial score (nSPS) is 20.5. The number of nitrogens with zero attached hydrogens (tertiary/aromatic N) is 5. The fourth-order valence-electron chi connectivity index (χ4n) is 2.13. The molecule has 0 saturated heterocycles. The van der Waals surface area contributed by atoms with Crippen molar-refractivity contribution in [3.05, 3.63) is 20.3 Å². The molecule has 1 aliphatic heterocycles. The maximum Gasteiger partial charge on any atom is 0.404 e. The highest BCUT2D eigenvalue weighted by Gasteiger charge is 2.53. The minimum Gasteiger partial charge on any atom is -0.364 e. The van der Waals surface area contributed by atoms with Crippen LogP contribution in [-0.2, 0) is 11.3 Å². The number of carbonyl (C=O) groups is 1. The zero-order valence-corrected chi connectivity index (χ0v) is 14.0. The standard InChI is InChI=1S/C11H10BrF4N5O4/c1-4-7(12)9(21(24)25)18-19(4)3-6(22)20-11(23,10(15)16)2-5(17-20)8(13)14/h8,10,23H,2-3H2,1H3/t11-/m0/s1. The molecule has 1 atom stereocenters. The zero-order chi connectivity index (χ0) is 19.1. The van der Waals surface area contributed by atoms with E-state index in [1.165, 1.54) is 6.92 Å². The van der Waals surface area contributed by atoms with Gasteiger partial charge in [0.15, 0.2) is 0 Å². The SMILES string of the molecule is Cc1c(Br)c([N+](=O)[O-])nn1CC(=O)N1N=C(C(F)F)C[C@]1(O)C(F)F. The molecule has 0 aliphatic carbocycles. The van der Waals surface area contributed by atoms with Crippen LogP contribution in [0.3, 0.4) is 0 Å². The summed E-state index contributed by atoms with van der Waals surface area (Å²) in [4.78, 5) is 22.1. The Morgan fingerprint density at radius 1 is 1.48 bits per heavy atom. The van der Waals surface area contributed by atoms with Crippen LogP contribution in [0.5, 0.6) is 0 Å². The largest absolute Gasteiger partial charge is 0.404 e. The summed E-state index contributed by atoms with van der Waals surface area (Å²) < 4.78 is 52.3. The minimum absolute atomic E-state index is 0.0346. The van der Waals surface area contributed by atoms with Gasteiger partial charge in [0, 0.05) is 6.42 Å². The highest BCUT2D eigenvalue weighted by Crippen LogP contribution is 2.34. The Kier molecular flexibility index (Phi) is 5.13. The van der Waals surface area contributed by atoms with Crippen LogP contribution in [0.15, 0.2) is 9.57 Å². The molecule has 0 unspecified atom stereocenters. The van der Waals surface area contributed by atoms with Crippen molar-refractivity contribution in [1.29, 1.82) is 0 Å². The number of alkyl halides is 4. The molecule has 2 rings (SSSR count). The summed E-state index contributed by atoms with van der Waals surface area (Å²) in [6.07, 6.45) is -8.00. The van der Waals surface area contributed by atoms with Gasteiger partial charge in [-0.1, -0.05) is 0 Å². The fourth-order valence-corrected chi connectivity index (χ4v) is 2.56. The van der Waals surface area contributed by atoms with Crippen molar-refractivity contribution < 1.29 is 32.4 Å². The Labute approximate surface area is 145 Å². The molecule has 2 heterocycles. The number of halogens is 5. The molecule has 25 heavy (non-hydrogen) atoms. The van der Waals surface area contributed by atoms with Crippen LogP contribution in [0.25, 0.3) is 0 Å². The summed E-state index contributed by atoms with van der Waals surface area (Å²) in [6.45, 7) is 0.530. The number of rotatable bonds is 5. The minimum atomic E-state index is -3.56. The van der Waals surface area contributed by atoms with Gasteiger partial charge in [-0.15, -0.1) is 0 Å². The second kappa shape index (κ2) is 6.67. The predicted octanol–water partition coefficient (Wildman–Crippen LogP) is 1.67. The Morgan fingerprint density at radius 2 is 2.08 bits per heavy atom. The van der Waals surface area contributed by atoms with E-state index < -0.39 is 53.9 Å². The van der Waals surface area contributed by atoms with Crippen LogP contribution in [0.2, 0.25) is 0 Å². The summed E-state index contributed by atoms with van der Waals surface area (Å²) in [5.74, 6) is -1.90. The molecule has 0 fully saturated rings. The number of nitro groups is 1. The van der Waals surface area contributed by atoms with Gasteiger partial charge in [-0.2, -0.15) is 14.8 Å². The number of carbonyl (C=O) groups excluding carboxylic acids is 1. The number of hydrazone groups is 1. The topological polar surface area (TPSA) is 114 Å². The molecule has 0 bridgehead atoms. The van der Waals surface area contributed by atoms with Gasteiger partial charge in [0.25, 0.3) is 18.8 Å². The maximum absolute atomic E-state index is 13.1. The van der Waals surface area contributed by atoms with Crippen molar-refractivity contribution in [2.24, 2.45) is 5.10 Å². The predicted molar refractivity (Wildman–Crippen MR) is 77.2 cm³/mol.